The summed E-state index contributed by atoms with van der Waals surface area (Å²) >= 11 is 57.2. The zero-order chi connectivity index (χ0) is 92.8. The molecule has 16 aromatic rings. The van der Waals surface area contributed by atoms with E-state index in [1.807, 2.05) is 270 Å². The van der Waals surface area contributed by atoms with E-state index in [0.29, 0.717) is 49.2 Å². The van der Waals surface area contributed by atoms with Crippen molar-refractivity contribution in [2.45, 2.75) is 86.4 Å². The molecular formula is C98H88Cl18N4O8Pd2S4. The predicted molar refractivity (Wildman–Crippen MR) is 544 cm³/mol. The molecule has 0 N–H and O–H groups in total. The molecule has 0 saturated carbocycles. The number of para-hydroxylation sites is 4. The van der Waals surface area contributed by atoms with Crippen molar-refractivity contribution in [3.63, 3.8) is 0 Å². The van der Waals surface area contributed by atoms with Gasteiger partial charge in [-0.3, -0.25) is 0 Å². The molecule has 12 aromatic carbocycles. The van der Waals surface area contributed by atoms with Gasteiger partial charge in [-0.25, -0.2) is 19.2 Å². The number of ether oxygens (including phenoxy) is 4. The van der Waals surface area contributed by atoms with Crippen LogP contribution in [0, 0.1) is 0 Å². The van der Waals surface area contributed by atoms with E-state index in [1.165, 1.54) is 0 Å². The van der Waals surface area contributed by atoms with E-state index in [2.05, 4.69) is 139 Å². The molecule has 4 heterocycles. The number of hydrogen-bond acceptors (Lipinski definition) is 8. The third-order valence-electron chi connectivity index (χ3n) is 16.9. The molecule has 4 aromatic heterocycles. The van der Waals surface area contributed by atoms with Crippen molar-refractivity contribution in [3.05, 3.63) is 362 Å². The van der Waals surface area contributed by atoms with Crippen LogP contribution in [0.1, 0.15) is 69.6 Å². The van der Waals surface area contributed by atoms with Crippen molar-refractivity contribution >= 4 is 272 Å². The number of esters is 4. The smallest absolute Gasteiger partial charge is 1.00 e. The fourth-order valence-corrected chi connectivity index (χ4v) is 21.6. The molecule has 0 bridgehead atoms. The third-order valence-corrected chi connectivity index (χ3v) is 26.1. The van der Waals surface area contributed by atoms with Gasteiger partial charge in [-0.2, -0.15) is 0 Å². The summed E-state index contributed by atoms with van der Waals surface area (Å²) in [7, 11) is 6.39. The number of fused-ring (bicyclic) bond motifs is 4. The Kier molecular flexibility index (Phi) is 72.5. The first-order chi connectivity index (χ1) is 62.7. The summed E-state index contributed by atoms with van der Waals surface area (Å²) in [6.45, 7) is 8.56. The van der Waals surface area contributed by atoms with Crippen molar-refractivity contribution in [2.24, 2.45) is 0 Å². The number of rotatable bonds is 20. The van der Waals surface area contributed by atoms with Gasteiger partial charge in [-0.05, 0) is 125 Å². The Balaban J connectivity index is 0.00000162. The zero-order valence-electron chi connectivity index (χ0n) is 71.5. The summed E-state index contributed by atoms with van der Waals surface area (Å²) < 4.78 is 21.3. The third kappa shape index (κ3) is 38.9. The van der Waals surface area contributed by atoms with Gasteiger partial charge in [0.05, 0.1) is 102 Å². The molecular weight excluding hydrogens is 2340 g/mol. The molecule has 16 rings (SSSR count). The predicted octanol–water partition coefficient (Wildman–Crippen LogP) is 18.2. The van der Waals surface area contributed by atoms with Crippen LogP contribution in [0.25, 0.3) is 43.6 Å². The molecule has 0 atom stereocenters. The molecule has 0 spiro atoms. The molecule has 0 saturated heterocycles. The van der Waals surface area contributed by atoms with Crippen molar-refractivity contribution in [1.29, 1.82) is 0 Å². The van der Waals surface area contributed by atoms with Gasteiger partial charge in [0.15, 0.2) is 58.7 Å². The van der Waals surface area contributed by atoms with Gasteiger partial charge >= 0.3 is 64.7 Å². The molecule has 12 nitrogen and oxygen atoms in total. The van der Waals surface area contributed by atoms with Gasteiger partial charge in [0, 0.05) is 66.0 Å². The fraction of sp³-hybridized carbons (Fsp3) is 0.143. The van der Waals surface area contributed by atoms with Gasteiger partial charge in [-0.1, -0.05) is 243 Å². The minimum absolute atomic E-state index is 0. The van der Waals surface area contributed by atoms with Crippen LogP contribution in [0.2, 0.25) is 0 Å². The van der Waals surface area contributed by atoms with Gasteiger partial charge in [0.25, 0.3) is 0 Å². The average molecular weight is 2430 g/mol. The van der Waals surface area contributed by atoms with Crippen LogP contribution in [0.4, 0.5) is 0 Å². The second-order valence-electron chi connectivity index (χ2n) is 24.4. The number of carbonyl (C=O) groups is 4. The van der Waals surface area contributed by atoms with E-state index >= 15 is 0 Å². The van der Waals surface area contributed by atoms with Crippen LogP contribution in [-0.2, 0) is 103 Å². The second-order valence-corrected chi connectivity index (χ2v) is 37.1. The van der Waals surface area contributed by atoms with E-state index in [4.69, 9.17) is 158 Å². The Labute approximate surface area is 917 Å². The molecule has 0 aliphatic rings. The Morgan fingerprint density at radius 2 is 0.328 bits per heavy atom. The maximum Gasteiger partial charge on any atom is 2.00 e. The summed E-state index contributed by atoms with van der Waals surface area (Å²) in [5.41, 5.74) is 4.92. The normalized spacial score (nSPS) is 9.75. The molecule has 0 radical (unpaired) electrons. The average Bonchev–Trinajstić information content (AvgIpc) is 1.62. The van der Waals surface area contributed by atoms with E-state index in [9.17, 15) is 19.2 Å². The van der Waals surface area contributed by atoms with Gasteiger partial charge in [0.1, 0.15) is 0 Å². The molecule has 36 heteroatoms. The SMILES string of the molecule is CCOC(=O)c1[n-]c2ccccc2c1[S+](c1ccccc1)c1ccccc1.CCOC(=O)c1[n-]c2ccccc2c1[S+](c1ccccc1)c1ccccc1.CCOC(=O)c1[n-]c2ccccc2c1[S+](c1ccccc1)c1ccccc1.CCOC(=O)c1[n-]c2ccccc2c1[S+](c1ccccc1)c1ccccc1.ClCCl.ClCCl.ClCCl.ClCCl.ClCCl.ClCCl.ClCl.[Cl-].[Cl-].[Cl-].[Cl-].[Pd+2].[Pd+2]. The molecule has 718 valence electrons. The molecule has 134 heavy (non-hydrogen) atoms. The second kappa shape index (κ2) is 75.5. The summed E-state index contributed by atoms with van der Waals surface area (Å²) in [6, 6.07) is 114. The standard InChI is InChI=1S/4C23H19NO2S.6CH2Cl2.Cl2.4ClH.2Pd/c4*1-2-26-23(25)21-22(19-15-9-10-16-20(19)24-21)27(17-11-5-3-6-12-17)18-13-7-4-8-14-18;6*2-1-3;1-2;;;;;;/h4*3-16H,2H2,1H3;6*1H2;;4*1H;;/q;;;;;;;;;;;;;;;2*+2/p-4. The number of nitrogens with zero attached hydrogens (tertiary/aromatic N) is 4. The Bertz CT molecular complexity index is 4970. The van der Waals surface area contributed by atoms with Gasteiger partial charge in [-0.15, -0.1) is 161 Å². The number of halogens is 18. The van der Waals surface area contributed by atoms with Crippen LogP contribution in [0.15, 0.2) is 398 Å². The first kappa shape index (κ1) is 129. The quantitative estimate of drug-likeness (QED) is 0.0234. The molecule has 0 aliphatic carbocycles. The fourth-order valence-electron chi connectivity index (χ4n) is 12.4. The van der Waals surface area contributed by atoms with Crippen molar-refractivity contribution in [3.8, 4) is 0 Å². The van der Waals surface area contributed by atoms with Crippen molar-refractivity contribution < 1.29 is 129 Å². The summed E-state index contributed by atoms with van der Waals surface area (Å²) in [5.74, 6) is -1.47. The number of carbonyl (C=O) groups excluding carboxylic acids is 4. The molecule has 0 aliphatic heterocycles. The van der Waals surface area contributed by atoms with E-state index in [-0.39, 0.29) is 146 Å². The van der Waals surface area contributed by atoms with Crippen LogP contribution in [0.3, 0.4) is 0 Å². The van der Waals surface area contributed by atoms with Crippen molar-refractivity contribution in [2.75, 3.05) is 58.5 Å². The molecule has 0 amide bonds. The Hall–Kier alpha value is -5.38. The summed E-state index contributed by atoms with van der Waals surface area (Å²) in [5, 5.41) is 5.15. The monoisotopic (exact) mass is 2420 g/mol. The van der Waals surface area contributed by atoms with Crippen LogP contribution in [-0.4, -0.2) is 82.3 Å². The first-order valence-corrected chi connectivity index (χ1v) is 51.3. The Morgan fingerprint density at radius 1 is 0.216 bits per heavy atom. The number of benzene rings is 12. The van der Waals surface area contributed by atoms with E-state index < -0.39 is 43.6 Å². The number of hydrogen-bond donors (Lipinski definition) is 0. The van der Waals surface area contributed by atoms with E-state index in [1.54, 1.807) is 0 Å². The zero-order valence-corrected chi connectivity index (χ0v) is 91.5. The van der Waals surface area contributed by atoms with Gasteiger partial charge < -0.3 is 88.5 Å². The summed E-state index contributed by atoms with van der Waals surface area (Å²) in [6.07, 6.45) is 0. The minimum atomic E-state index is -0.457. The van der Waals surface area contributed by atoms with E-state index in [0.717, 1.165) is 102 Å². The van der Waals surface area contributed by atoms with Crippen LogP contribution < -0.4 is 69.6 Å². The molecule has 0 unspecified atom stereocenters. The first-order valence-electron chi connectivity index (χ1n) is 38.8. The maximum absolute atomic E-state index is 12.7. The van der Waals surface area contributed by atoms with Crippen molar-refractivity contribution in [1.82, 2.24) is 19.9 Å². The number of aromatic nitrogens is 4. The van der Waals surface area contributed by atoms with Crippen LogP contribution >= 0.6 is 161 Å². The van der Waals surface area contributed by atoms with Crippen LogP contribution in [0.5, 0.6) is 0 Å². The largest absolute Gasteiger partial charge is 2.00 e. The summed E-state index contributed by atoms with van der Waals surface area (Å²) in [4.78, 5) is 82.3. The molecule has 0 fully saturated rings. The van der Waals surface area contributed by atoms with Gasteiger partial charge in [0.2, 0.25) is 0 Å². The number of alkyl halides is 12. The Morgan fingerprint density at radius 3 is 0.448 bits per heavy atom. The maximum atomic E-state index is 12.7. The minimum Gasteiger partial charge on any atom is -1.00 e. The topological polar surface area (TPSA) is 162 Å².